The second-order valence-electron chi connectivity index (χ2n) is 4.34. The quantitative estimate of drug-likeness (QED) is 0.931. The van der Waals surface area contributed by atoms with Crippen molar-refractivity contribution in [2.75, 3.05) is 13.2 Å². The Hall–Kier alpha value is -0.870. The number of nitrogens with one attached hydrogen (secondary N) is 1. The third-order valence-electron chi connectivity index (χ3n) is 3.03. The fourth-order valence-corrected chi connectivity index (χ4v) is 2.17. The highest BCUT2D eigenvalue weighted by molar-refractivity contribution is 9.10. The van der Waals surface area contributed by atoms with Gasteiger partial charge in [-0.05, 0) is 31.0 Å². The predicted molar refractivity (Wildman–Crippen MR) is 69.6 cm³/mol. The van der Waals surface area contributed by atoms with Crippen LogP contribution in [0.2, 0.25) is 0 Å². The van der Waals surface area contributed by atoms with E-state index in [9.17, 15) is 4.79 Å². The number of carbonyl (C=O) groups is 1. The monoisotopic (exact) mass is 297 g/mol. The lowest BCUT2D eigenvalue weighted by Gasteiger charge is -2.16. The summed E-state index contributed by atoms with van der Waals surface area (Å²) in [4.78, 5) is 11.9. The molecule has 4 heteroatoms. The first kappa shape index (κ1) is 12.6. The number of halogens is 1. The van der Waals surface area contributed by atoms with Crippen molar-refractivity contribution >= 4 is 21.8 Å². The predicted octanol–water partition coefficient (Wildman–Crippen LogP) is 2.66. The lowest BCUT2D eigenvalue weighted by Crippen LogP contribution is -2.33. The van der Waals surface area contributed by atoms with Gasteiger partial charge >= 0.3 is 0 Å². The van der Waals surface area contributed by atoms with Crippen LogP contribution < -0.4 is 5.32 Å². The summed E-state index contributed by atoms with van der Waals surface area (Å²) in [6.07, 6.45) is 0.832. The summed E-state index contributed by atoms with van der Waals surface area (Å²) in [6, 6.07) is 8.03. The van der Waals surface area contributed by atoms with Crippen LogP contribution in [0.3, 0.4) is 0 Å². The van der Waals surface area contributed by atoms with Crippen molar-refractivity contribution < 1.29 is 9.53 Å². The zero-order valence-corrected chi connectivity index (χ0v) is 11.4. The normalized spacial score (nSPS) is 21.2. The minimum atomic E-state index is 0.0212. The number of rotatable bonds is 3. The van der Waals surface area contributed by atoms with E-state index in [4.69, 9.17) is 4.74 Å². The Bertz CT molecular complexity index is 385. The van der Waals surface area contributed by atoms with Gasteiger partial charge in [0.25, 0.3) is 0 Å². The molecule has 2 unspecified atom stereocenters. The van der Waals surface area contributed by atoms with Crippen LogP contribution in [0.25, 0.3) is 0 Å². The second kappa shape index (κ2) is 5.65. The first-order chi connectivity index (χ1) is 8.16. The van der Waals surface area contributed by atoms with Gasteiger partial charge < -0.3 is 10.1 Å². The number of hydrogen-bond acceptors (Lipinski definition) is 2. The molecule has 1 aromatic rings. The van der Waals surface area contributed by atoms with Crippen LogP contribution in [-0.4, -0.2) is 19.1 Å². The van der Waals surface area contributed by atoms with Crippen LogP contribution in [0.5, 0.6) is 0 Å². The molecule has 17 heavy (non-hydrogen) atoms. The first-order valence-electron chi connectivity index (χ1n) is 5.80. The maximum Gasteiger partial charge on any atom is 0.225 e. The van der Waals surface area contributed by atoms with Crippen LogP contribution in [0.15, 0.2) is 28.7 Å². The Morgan fingerprint density at radius 1 is 1.47 bits per heavy atom. The molecule has 2 atom stereocenters. The zero-order valence-electron chi connectivity index (χ0n) is 9.78. The fourth-order valence-electron chi connectivity index (χ4n) is 1.91. The summed E-state index contributed by atoms with van der Waals surface area (Å²) in [5.74, 6) is 0.116. The Morgan fingerprint density at radius 3 is 2.76 bits per heavy atom. The minimum Gasteiger partial charge on any atom is -0.381 e. The highest BCUT2D eigenvalue weighted by atomic mass is 79.9. The second-order valence-corrected chi connectivity index (χ2v) is 5.26. The third-order valence-corrected chi connectivity index (χ3v) is 3.56. The van der Waals surface area contributed by atoms with Crippen molar-refractivity contribution in [3.63, 3.8) is 0 Å². The van der Waals surface area contributed by atoms with E-state index in [1.807, 2.05) is 31.2 Å². The number of carbonyl (C=O) groups excluding carboxylic acids is 1. The zero-order chi connectivity index (χ0) is 12.3. The number of benzene rings is 1. The Morgan fingerprint density at radius 2 is 2.18 bits per heavy atom. The first-order valence-corrected chi connectivity index (χ1v) is 6.59. The van der Waals surface area contributed by atoms with Crippen molar-refractivity contribution in [1.29, 1.82) is 0 Å². The molecule has 2 rings (SSSR count). The molecule has 0 aliphatic carbocycles. The van der Waals surface area contributed by atoms with Crippen molar-refractivity contribution in [2.24, 2.45) is 5.92 Å². The highest BCUT2D eigenvalue weighted by Crippen LogP contribution is 2.18. The van der Waals surface area contributed by atoms with E-state index in [0.29, 0.717) is 13.2 Å². The average molecular weight is 298 g/mol. The summed E-state index contributed by atoms with van der Waals surface area (Å²) in [5.41, 5.74) is 1.11. The summed E-state index contributed by atoms with van der Waals surface area (Å²) >= 11 is 3.40. The van der Waals surface area contributed by atoms with Crippen LogP contribution >= 0.6 is 15.9 Å². The van der Waals surface area contributed by atoms with E-state index in [2.05, 4.69) is 21.2 Å². The molecule has 0 spiro atoms. The molecule has 1 N–H and O–H groups in total. The van der Waals surface area contributed by atoms with Gasteiger partial charge in [-0.3, -0.25) is 4.79 Å². The van der Waals surface area contributed by atoms with Gasteiger partial charge in [0.15, 0.2) is 0 Å². The van der Waals surface area contributed by atoms with Gasteiger partial charge in [-0.2, -0.15) is 0 Å². The Kier molecular flexibility index (Phi) is 4.18. The van der Waals surface area contributed by atoms with Crippen molar-refractivity contribution in [2.45, 2.75) is 19.4 Å². The van der Waals surface area contributed by atoms with Crippen molar-refractivity contribution in [3.05, 3.63) is 34.3 Å². The largest absolute Gasteiger partial charge is 0.381 e. The maximum absolute atomic E-state index is 11.9. The van der Waals surface area contributed by atoms with E-state index >= 15 is 0 Å². The van der Waals surface area contributed by atoms with E-state index in [-0.39, 0.29) is 17.9 Å². The molecule has 1 heterocycles. The van der Waals surface area contributed by atoms with Crippen LogP contribution in [0, 0.1) is 5.92 Å². The van der Waals surface area contributed by atoms with Gasteiger partial charge in [-0.1, -0.05) is 28.1 Å². The number of hydrogen-bond donors (Lipinski definition) is 1. The van der Waals surface area contributed by atoms with E-state index in [0.717, 1.165) is 16.5 Å². The van der Waals surface area contributed by atoms with Gasteiger partial charge in [-0.15, -0.1) is 0 Å². The number of ether oxygens (including phenoxy) is 1. The summed E-state index contributed by atoms with van der Waals surface area (Å²) < 4.78 is 6.26. The molecular formula is C13H16BrNO2. The van der Waals surface area contributed by atoms with E-state index in [1.165, 1.54) is 0 Å². The molecule has 0 aromatic heterocycles. The molecule has 3 nitrogen and oxygen atoms in total. The van der Waals surface area contributed by atoms with Gasteiger partial charge in [0, 0.05) is 11.1 Å². The van der Waals surface area contributed by atoms with Gasteiger partial charge in [0.05, 0.1) is 18.6 Å². The Labute approximate surface area is 110 Å². The highest BCUT2D eigenvalue weighted by Gasteiger charge is 2.24. The van der Waals surface area contributed by atoms with Crippen LogP contribution in [-0.2, 0) is 9.53 Å². The van der Waals surface area contributed by atoms with Gasteiger partial charge in [0.1, 0.15) is 0 Å². The van der Waals surface area contributed by atoms with Gasteiger partial charge in [-0.25, -0.2) is 0 Å². The Balaban J connectivity index is 1.93. The van der Waals surface area contributed by atoms with Crippen LogP contribution in [0.1, 0.15) is 24.9 Å². The molecular weight excluding hydrogens is 282 g/mol. The summed E-state index contributed by atoms with van der Waals surface area (Å²) in [5, 5.41) is 3.02. The molecule has 0 radical (unpaired) electrons. The number of amides is 1. The molecule has 1 aliphatic rings. The maximum atomic E-state index is 11.9. The molecule has 1 fully saturated rings. The standard InChI is InChI=1S/C13H16BrNO2/c1-9(10-2-4-12(14)5-3-10)15-13(16)11-6-7-17-8-11/h2-5,9,11H,6-8H2,1H3,(H,15,16). The molecule has 1 amide bonds. The topological polar surface area (TPSA) is 38.3 Å². The molecule has 0 saturated carbocycles. The molecule has 0 bridgehead atoms. The lowest BCUT2D eigenvalue weighted by molar-refractivity contribution is -0.125. The smallest absolute Gasteiger partial charge is 0.225 e. The molecule has 1 aliphatic heterocycles. The fraction of sp³-hybridized carbons (Fsp3) is 0.462. The molecule has 1 saturated heterocycles. The SMILES string of the molecule is CC(NC(=O)C1CCOC1)c1ccc(Br)cc1. The van der Waals surface area contributed by atoms with Crippen LogP contribution in [0.4, 0.5) is 0 Å². The third kappa shape index (κ3) is 3.30. The van der Waals surface area contributed by atoms with E-state index in [1.54, 1.807) is 0 Å². The average Bonchev–Trinajstić information content (AvgIpc) is 2.83. The van der Waals surface area contributed by atoms with Crippen molar-refractivity contribution in [3.8, 4) is 0 Å². The lowest BCUT2D eigenvalue weighted by atomic mass is 10.1. The minimum absolute atomic E-state index is 0.0212. The van der Waals surface area contributed by atoms with E-state index < -0.39 is 0 Å². The van der Waals surface area contributed by atoms with Gasteiger partial charge in [0.2, 0.25) is 5.91 Å². The molecule has 1 aromatic carbocycles. The molecule has 92 valence electrons. The summed E-state index contributed by atoms with van der Waals surface area (Å²) in [7, 11) is 0. The van der Waals surface area contributed by atoms with Crippen molar-refractivity contribution in [1.82, 2.24) is 5.32 Å². The summed E-state index contributed by atoms with van der Waals surface area (Å²) in [6.45, 7) is 3.25.